The summed E-state index contributed by atoms with van der Waals surface area (Å²) in [6.07, 6.45) is 0. The lowest BCUT2D eigenvalue weighted by Gasteiger charge is -1.98. The van der Waals surface area contributed by atoms with Crippen molar-refractivity contribution >= 4 is 16.9 Å². The number of aromatic amines is 1. The number of hydrogen-bond donors (Lipinski definition) is 2. The van der Waals surface area contributed by atoms with Gasteiger partial charge in [0, 0.05) is 29.2 Å². The van der Waals surface area contributed by atoms with Gasteiger partial charge in [0.2, 0.25) is 0 Å². The third kappa shape index (κ3) is 1.71. The van der Waals surface area contributed by atoms with Gasteiger partial charge in [-0.15, -0.1) is 0 Å². The Morgan fingerprint density at radius 2 is 2.05 bits per heavy atom. The SMILES string of the molecule is Cc1ccc2c(c1)c(-c1cc(C(=O)O)[nH]n1)c(C)n2C. The lowest BCUT2D eigenvalue weighted by molar-refractivity contribution is 0.0690. The van der Waals surface area contributed by atoms with E-state index in [4.69, 9.17) is 5.11 Å². The van der Waals surface area contributed by atoms with Gasteiger partial charge in [0.25, 0.3) is 0 Å². The fourth-order valence-corrected chi connectivity index (χ4v) is 2.57. The van der Waals surface area contributed by atoms with Gasteiger partial charge in [-0.25, -0.2) is 4.79 Å². The van der Waals surface area contributed by atoms with Crippen LogP contribution in [0.15, 0.2) is 24.3 Å². The molecule has 102 valence electrons. The van der Waals surface area contributed by atoms with E-state index in [9.17, 15) is 4.79 Å². The zero-order chi connectivity index (χ0) is 14.4. The van der Waals surface area contributed by atoms with E-state index in [1.807, 2.05) is 20.9 Å². The Morgan fingerprint density at radius 3 is 2.70 bits per heavy atom. The van der Waals surface area contributed by atoms with Gasteiger partial charge in [0.05, 0.1) is 5.69 Å². The molecule has 2 N–H and O–H groups in total. The molecular formula is C15H15N3O2. The molecule has 2 aromatic heterocycles. The van der Waals surface area contributed by atoms with Crippen LogP contribution in [0.3, 0.4) is 0 Å². The summed E-state index contributed by atoms with van der Waals surface area (Å²) < 4.78 is 2.10. The maximum absolute atomic E-state index is 11.0. The number of rotatable bonds is 2. The average Bonchev–Trinajstić information content (AvgIpc) is 2.95. The van der Waals surface area contributed by atoms with Gasteiger partial charge in [0.1, 0.15) is 5.69 Å². The molecule has 0 aliphatic rings. The molecule has 0 unspecified atom stereocenters. The molecule has 0 radical (unpaired) electrons. The number of aromatic carboxylic acids is 1. The molecule has 0 saturated heterocycles. The van der Waals surface area contributed by atoms with Crippen molar-refractivity contribution in [3.63, 3.8) is 0 Å². The third-order valence-corrected chi connectivity index (χ3v) is 3.71. The van der Waals surface area contributed by atoms with Gasteiger partial charge in [0.15, 0.2) is 0 Å². The van der Waals surface area contributed by atoms with Crippen molar-refractivity contribution in [1.82, 2.24) is 14.8 Å². The standard InChI is InChI=1S/C15H15N3O2/c1-8-4-5-13-10(6-8)14(9(2)18(13)3)11-7-12(15(19)20)17-16-11/h4-7H,1-3H3,(H,16,17)(H,19,20). The second-order valence-electron chi connectivity index (χ2n) is 5.01. The number of aryl methyl sites for hydroxylation is 2. The fraction of sp³-hybridized carbons (Fsp3) is 0.200. The third-order valence-electron chi connectivity index (χ3n) is 3.71. The Labute approximate surface area is 115 Å². The number of nitrogens with zero attached hydrogens (tertiary/aromatic N) is 2. The van der Waals surface area contributed by atoms with Gasteiger partial charge in [-0.05, 0) is 32.0 Å². The molecule has 0 bridgehead atoms. The summed E-state index contributed by atoms with van der Waals surface area (Å²) in [6.45, 7) is 4.05. The summed E-state index contributed by atoms with van der Waals surface area (Å²) >= 11 is 0. The van der Waals surface area contributed by atoms with E-state index in [1.165, 1.54) is 5.56 Å². The second kappa shape index (κ2) is 4.23. The summed E-state index contributed by atoms with van der Waals surface area (Å²) in [5.41, 5.74) is 5.09. The van der Waals surface area contributed by atoms with Crippen LogP contribution in [0.5, 0.6) is 0 Å². The molecule has 0 atom stereocenters. The molecule has 2 heterocycles. The van der Waals surface area contributed by atoms with Crippen LogP contribution in [-0.4, -0.2) is 25.8 Å². The minimum atomic E-state index is -1.00. The topological polar surface area (TPSA) is 70.9 Å². The Bertz CT molecular complexity index is 827. The quantitative estimate of drug-likeness (QED) is 0.751. The first-order valence-electron chi connectivity index (χ1n) is 6.33. The van der Waals surface area contributed by atoms with Gasteiger partial charge in [-0.1, -0.05) is 11.6 Å². The number of fused-ring (bicyclic) bond motifs is 1. The van der Waals surface area contributed by atoms with Gasteiger partial charge < -0.3 is 9.67 Å². The van der Waals surface area contributed by atoms with Crippen LogP contribution < -0.4 is 0 Å². The Balaban J connectivity index is 2.31. The molecule has 20 heavy (non-hydrogen) atoms. The van der Waals surface area contributed by atoms with Crippen molar-refractivity contribution in [2.24, 2.45) is 7.05 Å². The highest BCUT2D eigenvalue weighted by Crippen LogP contribution is 2.33. The molecule has 5 heteroatoms. The molecule has 0 amide bonds. The van der Waals surface area contributed by atoms with E-state index in [0.29, 0.717) is 5.69 Å². The number of carboxylic acids is 1. The summed E-state index contributed by atoms with van der Waals surface area (Å²) in [6, 6.07) is 7.82. The van der Waals surface area contributed by atoms with E-state index in [0.717, 1.165) is 22.2 Å². The maximum Gasteiger partial charge on any atom is 0.353 e. The molecule has 5 nitrogen and oxygen atoms in total. The van der Waals surface area contributed by atoms with E-state index in [-0.39, 0.29) is 5.69 Å². The van der Waals surface area contributed by atoms with Gasteiger partial charge in [-0.3, -0.25) is 5.10 Å². The van der Waals surface area contributed by atoms with Crippen LogP contribution in [0, 0.1) is 13.8 Å². The number of H-pyrrole nitrogens is 1. The molecule has 3 rings (SSSR count). The Morgan fingerprint density at radius 1 is 1.30 bits per heavy atom. The highest BCUT2D eigenvalue weighted by atomic mass is 16.4. The van der Waals surface area contributed by atoms with Crippen LogP contribution in [0.4, 0.5) is 0 Å². The van der Waals surface area contributed by atoms with Crippen LogP contribution in [0.1, 0.15) is 21.7 Å². The van der Waals surface area contributed by atoms with Crippen molar-refractivity contribution in [1.29, 1.82) is 0 Å². The van der Waals surface area contributed by atoms with Crippen molar-refractivity contribution in [2.75, 3.05) is 0 Å². The van der Waals surface area contributed by atoms with E-state index in [1.54, 1.807) is 6.07 Å². The van der Waals surface area contributed by atoms with Crippen molar-refractivity contribution in [3.05, 3.63) is 41.2 Å². The molecule has 3 aromatic rings. The van der Waals surface area contributed by atoms with Crippen molar-refractivity contribution in [3.8, 4) is 11.3 Å². The zero-order valence-electron chi connectivity index (χ0n) is 11.6. The molecular weight excluding hydrogens is 254 g/mol. The van der Waals surface area contributed by atoms with Crippen LogP contribution in [-0.2, 0) is 7.05 Å². The predicted octanol–water partition coefficient (Wildman–Crippen LogP) is 2.88. The second-order valence-corrected chi connectivity index (χ2v) is 5.01. The first-order valence-corrected chi connectivity index (χ1v) is 6.33. The lowest BCUT2D eigenvalue weighted by Crippen LogP contribution is -1.95. The summed E-state index contributed by atoms with van der Waals surface area (Å²) in [7, 11) is 2.00. The maximum atomic E-state index is 11.0. The van der Waals surface area contributed by atoms with Crippen LogP contribution >= 0.6 is 0 Å². The number of carboxylic acid groups (broad SMARTS) is 1. The average molecular weight is 269 g/mol. The number of aromatic nitrogens is 3. The number of nitrogens with one attached hydrogen (secondary N) is 1. The summed E-state index contributed by atoms with van der Waals surface area (Å²) in [5.74, 6) is -1.00. The molecule has 0 fully saturated rings. The smallest absolute Gasteiger partial charge is 0.353 e. The lowest BCUT2D eigenvalue weighted by atomic mass is 10.1. The van der Waals surface area contributed by atoms with E-state index < -0.39 is 5.97 Å². The zero-order valence-corrected chi connectivity index (χ0v) is 11.6. The number of carbonyl (C=O) groups is 1. The summed E-state index contributed by atoms with van der Waals surface area (Å²) in [5, 5.41) is 16.8. The first kappa shape index (κ1) is 12.5. The van der Waals surface area contributed by atoms with Crippen molar-refractivity contribution < 1.29 is 9.90 Å². The van der Waals surface area contributed by atoms with Gasteiger partial charge in [-0.2, -0.15) is 5.10 Å². The molecule has 0 aliphatic heterocycles. The van der Waals surface area contributed by atoms with Gasteiger partial charge >= 0.3 is 5.97 Å². The van der Waals surface area contributed by atoms with E-state index in [2.05, 4.69) is 33.0 Å². The molecule has 1 aromatic carbocycles. The monoisotopic (exact) mass is 269 g/mol. The normalized spacial score (nSPS) is 11.2. The number of benzene rings is 1. The van der Waals surface area contributed by atoms with Crippen molar-refractivity contribution in [2.45, 2.75) is 13.8 Å². The highest BCUT2D eigenvalue weighted by molar-refractivity contribution is 5.98. The molecule has 0 aliphatic carbocycles. The number of hydrogen-bond acceptors (Lipinski definition) is 2. The van der Waals surface area contributed by atoms with Crippen LogP contribution in [0.25, 0.3) is 22.2 Å². The van der Waals surface area contributed by atoms with Crippen LogP contribution in [0.2, 0.25) is 0 Å². The minimum Gasteiger partial charge on any atom is -0.477 e. The molecule has 0 saturated carbocycles. The first-order chi connectivity index (χ1) is 9.49. The molecule has 0 spiro atoms. The van der Waals surface area contributed by atoms with E-state index >= 15 is 0 Å². The fourth-order valence-electron chi connectivity index (χ4n) is 2.57. The summed E-state index contributed by atoms with van der Waals surface area (Å²) in [4.78, 5) is 11.0. The minimum absolute atomic E-state index is 0.101. The highest BCUT2D eigenvalue weighted by Gasteiger charge is 2.17. The largest absolute Gasteiger partial charge is 0.477 e. The Kier molecular flexibility index (Phi) is 2.64. The Hall–Kier alpha value is -2.56. The predicted molar refractivity (Wildman–Crippen MR) is 76.9 cm³/mol.